The van der Waals surface area contributed by atoms with Crippen molar-refractivity contribution in [1.29, 1.82) is 0 Å². The zero-order valence-electron chi connectivity index (χ0n) is 23.4. The molecule has 5 aromatic rings. The number of methoxy groups -OCH3 is 2. The molecule has 0 radical (unpaired) electrons. The molecule has 9 nitrogen and oxygen atoms in total. The number of halogens is 1. The number of hydrogen-bond donors (Lipinski definition) is 2. The smallest absolute Gasteiger partial charge is 0.324 e. The molecule has 0 unspecified atom stereocenters. The van der Waals surface area contributed by atoms with Crippen LogP contribution in [-0.2, 0) is 7.05 Å². The van der Waals surface area contributed by atoms with Gasteiger partial charge in [0.1, 0.15) is 34.7 Å². The molecule has 3 aromatic carbocycles. The molecule has 0 aliphatic heterocycles. The van der Waals surface area contributed by atoms with Crippen LogP contribution < -0.4 is 24.8 Å². The van der Waals surface area contributed by atoms with Crippen LogP contribution in [0.2, 0.25) is 0 Å². The van der Waals surface area contributed by atoms with E-state index >= 15 is 0 Å². The Kier molecular flexibility index (Phi) is 7.73. The van der Waals surface area contributed by atoms with Gasteiger partial charge in [-0.05, 0) is 48.5 Å². The van der Waals surface area contributed by atoms with Crippen molar-refractivity contribution in [2.45, 2.75) is 19.8 Å². The van der Waals surface area contributed by atoms with Gasteiger partial charge in [-0.25, -0.2) is 14.2 Å². The lowest BCUT2D eigenvalue weighted by molar-refractivity contribution is 0.262. The van der Waals surface area contributed by atoms with Gasteiger partial charge in [-0.1, -0.05) is 26.0 Å². The van der Waals surface area contributed by atoms with Crippen LogP contribution in [-0.4, -0.2) is 34.8 Å². The number of carbonyl (C=O) groups excluding carboxylic acids is 1. The van der Waals surface area contributed by atoms with Gasteiger partial charge in [0.05, 0.1) is 19.7 Å². The first-order valence-electron chi connectivity index (χ1n) is 13.0. The third-order valence-electron chi connectivity index (χ3n) is 6.52. The second-order valence-electron chi connectivity index (χ2n) is 9.63. The summed E-state index contributed by atoms with van der Waals surface area (Å²) in [5, 5.41) is 6.48. The number of rotatable bonds is 8. The minimum atomic E-state index is -0.462. The third-order valence-corrected chi connectivity index (χ3v) is 6.52. The topological polar surface area (TPSA) is 99.5 Å². The highest BCUT2D eigenvalue weighted by Crippen LogP contribution is 2.37. The SMILES string of the molecule is COc1cc2nccc(Oc3ccc(NC(=O)Nc4c(-c5cccc(F)c5)nc(C(C)C)n4C)cc3)c2cc1OC. The highest BCUT2D eigenvalue weighted by atomic mass is 19.1. The molecule has 0 saturated carbocycles. The average molecular weight is 556 g/mol. The largest absolute Gasteiger partial charge is 0.493 e. The van der Waals surface area contributed by atoms with E-state index in [1.54, 1.807) is 68.9 Å². The fraction of sp³-hybridized carbons (Fsp3) is 0.194. The van der Waals surface area contributed by atoms with Crippen LogP contribution in [0.4, 0.5) is 20.7 Å². The maximum Gasteiger partial charge on any atom is 0.324 e. The highest BCUT2D eigenvalue weighted by molar-refractivity contribution is 6.01. The summed E-state index contributed by atoms with van der Waals surface area (Å²) in [6.07, 6.45) is 1.66. The zero-order valence-corrected chi connectivity index (χ0v) is 23.4. The molecule has 2 aromatic heterocycles. The number of nitrogens with zero attached hydrogens (tertiary/aromatic N) is 3. The number of hydrogen-bond acceptors (Lipinski definition) is 6. The van der Waals surface area contributed by atoms with Gasteiger partial charge in [0, 0.05) is 41.9 Å². The van der Waals surface area contributed by atoms with Gasteiger partial charge in [0.15, 0.2) is 11.5 Å². The Hall–Kier alpha value is -5.12. The predicted octanol–water partition coefficient (Wildman–Crippen LogP) is 7.35. The van der Waals surface area contributed by atoms with Gasteiger partial charge in [-0.15, -0.1) is 0 Å². The molecule has 0 bridgehead atoms. The molecule has 0 spiro atoms. The molecule has 10 heteroatoms. The lowest BCUT2D eigenvalue weighted by atomic mass is 10.1. The Morgan fingerprint density at radius 3 is 2.34 bits per heavy atom. The molecule has 41 heavy (non-hydrogen) atoms. The summed E-state index contributed by atoms with van der Waals surface area (Å²) < 4.78 is 32.7. The van der Waals surface area contributed by atoms with E-state index in [4.69, 9.17) is 19.2 Å². The van der Waals surface area contributed by atoms with Gasteiger partial charge in [-0.2, -0.15) is 0 Å². The summed E-state index contributed by atoms with van der Waals surface area (Å²) in [4.78, 5) is 22.1. The molecule has 210 valence electrons. The van der Waals surface area contributed by atoms with E-state index in [1.165, 1.54) is 12.1 Å². The first-order valence-corrected chi connectivity index (χ1v) is 13.0. The van der Waals surface area contributed by atoms with Crippen molar-refractivity contribution in [2.24, 2.45) is 7.05 Å². The van der Waals surface area contributed by atoms with Gasteiger partial charge < -0.3 is 24.1 Å². The zero-order chi connectivity index (χ0) is 29.1. The van der Waals surface area contributed by atoms with Crippen molar-refractivity contribution in [3.05, 3.63) is 84.6 Å². The van der Waals surface area contributed by atoms with E-state index in [0.717, 1.165) is 11.2 Å². The number of benzene rings is 3. The Morgan fingerprint density at radius 1 is 0.927 bits per heavy atom. The van der Waals surface area contributed by atoms with Gasteiger partial charge in [0.25, 0.3) is 0 Å². The number of imidazole rings is 1. The van der Waals surface area contributed by atoms with E-state index in [2.05, 4.69) is 15.6 Å². The maximum atomic E-state index is 14.0. The molecule has 0 atom stereocenters. The first-order chi connectivity index (χ1) is 19.8. The Morgan fingerprint density at radius 2 is 1.66 bits per heavy atom. The molecule has 2 heterocycles. The van der Waals surface area contributed by atoms with Gasteiger partial charge >= 0.3 is 6.03 Å². The normalized spacial score (nSPS) is 11.0. The van der Waals surface area contributed by atoms with E-state index < -0.39 is 6.03 Å². The van der Waals surface area contributed by atoms with E-state index in [1.807, 2.05) is 31.5 Å². The molecule has 0 aliphatic carbocycles. The number of amides is 2. The van der Waals surface area contributed by atoms with Crippen LogP contribution in [0.5, 0.6) is 23.0 Å². The lowest BCUT2D eigenvalue weighted by Gasteiger charge is -2.13. The second-order valence-corrected chi connectivity index (χ2v) is 9.63. The molecule has 2 N–H and O–H groups in total. The van der Waals surface area contributed by atoms with Crippen LogP contribution in [0.1, 0.15) is 25.6 Å². The van der Waals surface area contributed by atoms with Crippen molar-refractivity contribution < 1.29 is 23.4 Å². The number of nitrogens with one attached hydrogen (secondary N) is 2. The minimum Gasteiger partial charge on any atom is -0.493 e. The van der Waals surface area contributed by atoms with Crippen molar-refractivity contribution in [3.8, 4) is 34.3 Å². The van der Waals surface area contributed by atoms with Crippen molar-refractivity contribution >= 4 is 28.4 Å². The van der Waals surface area contributed by atoms with E-state index in [0.29, 0.717) is 51.3 Å². The quantitative estimate of drug-likeness (QED) is 0.208. The Bertz CT molecular complexity index is 1720. The summed E-state index contributed by atoms with van der Waals surface area (Å²) in [6, 6.07) is 18.0. The van der Waals surface area contributed by atoms with E-state index in [-0.39, 0.29) is 11.7 Å². The summed E-state index contributed by atoms with van der Waals surface area (Å²) in [5.74, 6) is 3.26. The fourth-order valence-corrected chi connectivity index (χ4v) is 4.55. The number of anilines is 2. The van der Waals surface area contributed by atoms with Crippen LogP contribution in [0.3, 0.4) is 0 Å². The summed E-state index contributed by atoms with van der Waals surface area (Å²) in [6.45, 7) is 4.01. The second kappa shape index (κ2) is 11.5. The van der Waals surface area contributed by atoms with Crippen LogP contribution in [0, 0.1) is 5.82 Å². The Balaban J connectivity index is 1.33. The van der Waals surface area contributed by atoms with Gasteiger partial charge in [-0.3, -0.25) is 10.3 Å². The van der Waals surface area contributed by atoms with Crippen LogP contribution in [0.15, 0.2) is 72.9 Å². The number of urea groups is 1. The number of pyridine rings is 1. The van der Waals surface area contributed by atoms with Gasteiger partial charge in [0.2, 0.25) is 0 Å². The summed E-state index contributed by atoms with van der Waals surface area (Å²) >= 11 is 0. The van der Waals surface area contributed by atoms with Crippen molar-refractivity contribution in [1.82, 2.24) is 14.5 Å². The highest BCUT2D eigenvalue weighted by Gasteiger charge is 2.20. The molecule has 2 amide bonds. The average Bonchev–Trinajstić information content (AvgIpc) is 3.29. The maximum absolute atomic E-state index is 14.0. The first kappa shape index (κ1) is 27.4. The molecule has 0 aliphatic rings. The standard InChI is InChI=1S/C31H30FN5O4/c1-18(2)29-35-28(19-7-6-8-20(32)15-19)30(37(29)3)36-31(38)34-21-9-11-22(12-10-21)41-25-13-14-33-24-17-27(40-5)26(39-4)16-23(24)25/h6-18H,1-5H3,(H2,34,36,38). The number of aromatic nitrogens is 3. The molecule has 5 rings (SSSR count). The van der Waals surface area contributed by atoms with Crippen molar-refractivity contribution in [3.63, 3.8) is 0 Å². The Labute approximate surface area is 236 Å². The van der Waals surface area contributed by atoms with Crippen LogP contribution in [0.25, 0.3) is 22.2 Å². The van der Waals surface area contributed by atoms with Crippen molar-refractivity contribution in [2.75, 3.05) is 24.9 Å². The monoisotopic (exact) mass is 555 g/mol. The predicted molar refractivity (Wildman–Crippen MR) is 157 cm³/mol. The number of carbonyl (C=O) groups is 1. The number of fused-ring (bicyclic) bond motifs is 1. The summed E-state index contributed by atoms with van der Waals surface area (Å²) in [7, 11) is 4.96. The molecule has 0 saturated heterocycles. The lowest BCUT2D eigenvalue weighted by Crippen LogP contribution is -2.21. The third kappa shape index (κ3) is 5.76. The molecule has 0 fully saturated rings. The van der Waals surface area contributed by atoms with Crippen LogP contribution >= 0.6 is 0 Å². The fourth-order valence-electron chi connectivity index (χ4n) is 4.55. The summed E-state index contributed by atoms with van der Waals surface area (Å²) in [5.41, 5.74) is 2.32. The molecular weight excluding hydrogens is 525 g/mol. The minimum absolute atomic E-state index is 0.0964. The van der Waals surface area contributed by atoms with E-state index in [9.17, 15) is 9.18 Å². The number of ether oxygens (including phenoxy) is 3. The molecular formula is C31H30FN5O4.